The van der Waals surface area contributed by atoms with Crippen LogP contribution < -0.4 is 19.5 Å². The molecule has 0 unspecified atom stereocenters. The van der Waals surface area contributed by atoms with Crippen LogP contribution >= 0.6 is 0 Å². The molecule has 4 atom stereocenters. The Labute approximate surface area is 280 Å². The lowest BCUT2D eigenvalue weighted by Crippen LogP contribution is -2.47. The van der Waals surface area contributed by atoms with Crippen LogP contribution in [0.25, 0.3) is 0 Å². The van der Waals surface area contributed by atoms with E-state index in [4.69, 9.17) is 18.9 Å². The molecular formula is C36H54N4O7. The van der Waals surface area contributed by atoms with E-state index in [2.05, 4.69) is 24.2 Å². The van der Waals surface area contributed by atoms with Crippen molar-refractivity contribution >= 4 is 17.5 Å². The number of hydrogen-bond donors (Lipinski definition) is 2. The number of fused-ring (bicyclic) bond motifs is 2. The summed E-state index contributed by atoms with van der Waals surface area (Å²) in [5.74, 6) is 1.60. The third-order valence-electron chi connectivity index (χ3n) is 8.73. The van der Waals surface area contributed by atoms with Crippen LogP contribution in [0, 0.1) is 5.92 Å². The fraction of sp³-hybridized carbons (Fsp3) is 0.611. The van der Waals surface area contributed by atoms with E-state index in [0.29, 0.717) is 49.7 Å². The molecule has 0 radical (unpaired) electrons. The highest BCUT2D eigenvalue weighted by Gasteiger charge is 2.30. The molecule has 0 saturated heterocycles. The summed E-state index contributed by atoms with van der Waals surface area (Å²) in [6.45, 7) is 9.15. The number of benzene rings is 2. The maximum absolute atomic E-state index is 14.4. The van der Waals surface area contributed by atoms with E-state index < -0.39 is 6.04 Å². The van der Waals surface area contributed by atoms with E-state index in [1.165, 1.54) is 0 Å². The van der Waals surface area contributed by atoms with Crippen molar-refractivity contribution in [2.24, 2.45) is 5.92 Å². The van der Waals surface area contributed by atoms with Gasteiger partial charge in [0.15, 0.2) is 11.5 Å². The summed E-state index contributed by atoms with van der Waals surface area (Å²) in [7, 11) is 6.02. The summed E-state index contributed by atoms with van der Waals surface area (Å²) in [5, 5.41) is 13.2. The molecule has 4 rings (SSSR count). The number of aliphatic hydroxyl groups is 1. The predicted molar refractivity (Wildman–Crippen MR) is 182 cm³/mol. The minimum absolute atomic E-state index is 0.0435. The molecule has 0 aromatic heterocycles. The molecular weight excluding hydrogens is 600 g/mol. The van der Waals surface area contributed by atoms with Gasteiger partial charge in [-0.25, -0.2) is 0 Å². The SMILES string of the molecule is C[C@@H]1CCCCO[C@@H](CN(C)Cc2ccc3c(c2)OCO3)[C@H](C)CN([C@@H](C)CO)C(=O)c2cc(NC(=O)CCCN(C)C)ccc2O1. The van der Waals surface area contributed by atoms with Gasteiger partial charge in [-0.15, -0.1) is 0 Å². The lowest BCUT2D eigenvalue weighted by atomic mass is 10.0. The zero-order valence-corrected chi connectivity index (χ0v) is 29.0. The van der Waals surface area contributed by atoms with Gasteiger partial charge in [-0.3, -0.25) is 14.5 Å². The van der Waals surface area contributed by atoms with Crippen LogP contribution in [0.4, 0.5) is 5.69 Å². The smallest absolute Gasteiger partial charge is 0.258 e. The lowest BCUT2D eigenvalue weighted by molar-refractivity contribution is -0.116. The monoisotopic (exact) mass is 654 g/mol. The number of nitrogens with zero attached hydrogens (tertiary/aromatic N) is 3. The highest BCUT2D eigenvalue weighted by atomic mass is 16.7. The minimum Gasteiger partial charge on any atom is -0.490 e. The first-order valence-electron chi connectivity index (χ1n) is 16.9. The molecule has 0 fully saturated rings. The van der Waals surface area contributed by atoms with E-state index in [0.717, 1.165) is 49.3 Å². The summed E-state index contributed by atoms with van der Waals surface area (Å²) < 4.78 is 23.9. The van der Waals surface area contributed by atoms with Gasteiger partial charge in [0.1, 0.15) is 5.75 Å². The van der Waals surface area contributed by atoms with Crippen molar-refractivity contribution in [1.82, 2.24) is 14.7 Å². The fourth-order valence-electron chi connectivity index (χ4n) is 5.96. The third-order valence-corrected chi connectivity index (χ3v) is 8.73. The number of carbonyl (C=O) groups is 2. The van der Waals surface area contributed by atoms with Crippen molar-refractivity contribution in [3.63, 3.8) is 0 Å². The molecule has 2 aliphatic rings. The van der Waals surface area contributed by atoms with Crippen LogP contribution in [0.5, 0.6) is 17.2 Å². The molecule has 260 valence electrons. The van der Waals surface area contributed by atoms with Gasteiger partial charge < -0.3 is 39.2 Å². The van der Waals surface area contributed by atoms with Gasteiger partial charge >= 0.3 is 0 Å². The topological polar surface area (TPSA) is 113 Å². The Kier molecular flexibility index (Phi) is 13.7. The number of anilines is 1. The van der Waals surface area contributed by atoms with Gasteiger partial charge in [-0.05, 0) is 103 Å². The van der Waals surface area contributed by atoms with E-state index >= 15 is 0 Å². The van der Waals surface area contributed by atoms with Gasteiger partial charge in [-0.1, -0.05) is 13.0 Å². The Hall–Kier alpha value is -3.38. The molecule has 0 spiro atoms. The minimum atomic E-state index is -0.445. The molecule has 11 heteroatoms. The van der Waals surface area contributed by atoms with Crippen molar-refractivity contribution in [3.8, 4) is 17.2 Å². The third kappa shape index (κ3) is 10.8. The largest absolute Gasteiger partial charge is 0.490 e. The summed E-state index contributed by atoms with van der Waals surface area (Å²) in [5.41, 5.74) is 2.02. The second-order valence-corrected chi connectivity index (χ2v) is 13.4. The number of rotatable bonds is 11. The maximum Gasteiger partial charge on any atom is 0.258 e. The van der Waals surface area contributed by atoms with Crippen molar-refractivity contribution in [2.45, 2.75) is 77.7 Å². The van der Waals surface area contributed by atoms with Gasteiger partial charge in [-0.2, -0.15) is 0 Å². The van der Waals surface area contributed by atoms with Gasteiger partial charge in [0, 0.05) is 44.3 Å². The van der Waals surface area contributed by atoms with Crippen molar-refractivity contribution in [3.05, 3.63) is 47.5 Å². The number of likely N-dealkylation sites (N-methyl/N-ethyl adjacent to an activating group) is 1. The van der Waals surface area contributed by atoms with E-state index in [9.17, 15) is 14.7 Å². The van der Waals surface area contributed by atoms with E-state index in [1.807, 2.05) is 51.0 Å². The molecule has 2 heterocycles. The Morgan fingerprint density at radius 3 is 2.60 bits per heavy atom. The number of amides is 2. The summed E-state index contributed by atoms with van der Waals surface area (Å²) >= 11 is 0. The first-order chi connectivity index (χ1) is 22.5. The first kappa shape index (κ1) is 36.5. The number of carbonyl (C=O) groups excluding carboxylic acids is 2. The van der Waals surface area contributed by atoms with Gasteiger partial charge in [0.05, 0.1) is 30.4 Å². The standard InChI is InChI=1S/C36H54N4O7/c1-25-20-40(26(2)23-41)36(43)30-19-29(37-35(42)11-9-16-38(4)5)13-15-31(30)47-27(3)10-7-8-17-44-34(25)22-39(6)21-28-12-14-32-33(18-28)46-24-45-32/h12-15,18-19,25-27,34,41H,7-11,16-17,20-24H2,1-6H3,(H,37,42)/t25-,26+,27-,34+/m1/s1. The highest BCUT2D eigenvalue weighted by molar-refractivity contribution is 5.99. The molecule has 2 aromatic carbocycles. The van der Waals surface area contributed by atoms with Crippen LogP contribution in [-0.4, -0.2) is 111 Å². The Bertz CT molecular complexity index is 1320. The summed E-state index contributed by atoms with van der Waals surface area (Å²) in [6, 6.07) is 10.8. The van der Waals surface area contributed by atoms with Crippen LogP contribution in [0.2, 0.25) is 0 Å². The highest BCUT2D eigenvalue weighted by Crippen LogP contribution is 2.33. The molecule has 2 amide bonds. The molecule has 47 heavy (non-hydrogen) atoms. The quantitative estimate of drug-likeness (QED) is 0.358. The second-order valence-electron chi connectivity index (χ2n) is 13.4. The van der Waals surface area contributed by atoms with E-state index in [-0.39, 0.29) is 43.3 Å². The Morgan fingerprint density at radius 2 is 1.83 bits per heavy atom. The Morgan fingerprint density at radius 1 is 1.06 bits per heavy atom. The molecule has 0 aliphatic carbocycles. The molecule has 2 aliphatic heterocycles. The first-order valence-corrected chi connectivity index (χ1v) is 16.9. The molecule has 11 nitrogen and oxygen atoms in total. The van der Waals surface area contributed by atoms with Gasteiger partial charge in [0.25, 0.3) is 5.91 Å². The molecule has 0 bridgehead atoms. The zero-order valence-electron chi connectivity index (χ0n) is 29.0. The normalized spacial score (nSPS) is 21.3. The van der Waals surface area contributed by atoms with E-state index in [1.54, 1.807) is 23.1 Å². The van der Waals surface area contributed by atoms with Crippen LogP contribution in [-0.2, 0) is 16.1 Å². The zero-order chi connectivity index (χ0) is 33.9. The summed E-state index contributed by atoms with van der Waals surface area (Å²) in [4.78, 5) is 33.0. The molecule has 0 saturated carbocycles. The summed E-state index contributed by atoms with van der Waals surface area (Å²) in [6.07, 6.45) is 3.46. The van der Waals surface area contributed by atoms with Gasteiger partial charge in [0.2, 0.25) is 12.7 Å². The van der Waals surface area contributed by atoms with Crippen molar-refractivity contribution < 1.29 is 33.6 Å². The maximum atomic E-state index is 14.4. The van der Waals surface area contributed by atoms with Crippen LogP contribution in [0.3, 0.4) is 0 Å². The average molecular weight is 655 g/mol. The fourth-order valence-corrected chi connectivity index (χ4v) is 5.96. The molecule has 2 aromatic rings. The Balaban J connectivity index is 1.54. The number of aliphatic hydroxyl groups excluding tert-OH is 1. The lowest BCUT2D eigenvalue weighted by Gasteiger charge is -2.36. The van der Waals surface area contributed by atoms with Crippen LogP contribution in [0.1, 0.15) is 68.8 Å². The predicted octanol–water partition coefficient (Wildman–Crippen LogP) is 4.62. The van der Waals surface area contributed by atoms with Crippen molar-refractivity contribution in [2.75, 3.05) is 66.1 Å². The van der Waals surface area contributed by atoms with Crippen molar-refractivity contribution in [1.29, 1.82) is 0 Å². The second kappa shape index (κ2) is 17.7. The number of ether oxygens (including phenoxy) is 4. The molecule has 2 N–H and O–H groups in total. The number of hydrogen-bond acceptors (Lipinski definition) is 9. The van der Waals surface area contributed by atoms with Crippen LogP contribution in [0.15, 0.2) is 36.4 Å². The number of nitrogens with one attached hydrogen (secondary N) is 1. The average Bonchev–Trinajstić information content (AvgIpc) is 3.50.